The van der Waals surface area contributed by atoms with Crippen LogP contribution < -0.4 is 14.2 Å². The minimum atomic E-state index is -1.08. The maximum absolute atomic E-state index is 13.0. The highest BCUT2D eigenvalue weighted by atomic mass is 79.9. The number of hydrogen-bond donors (Lipinski definition) is 0. The lowest BCUT2D eigenvalue weighted by molar-refractivity contribution is -0.158. The molecule has 3 rings (SSSR count). The van der Waals surface area contributed by atoms with Gasteiger partial charge in [0.25, 0.3) is 0 Å². The summed E-state index contributed by atoms with van der Waals surface area (Å²) in [5, 5.41) is 0. The highest BCUT2D eigenvalue weighted by Crippen LogP contribution is 2.28. The van der Waals surface area contributed by atoms with Gasteiger partial charge in [0.15, 0.2) is 11.4 Å². The number of carbonyl (C=O) groups excluding carboxylic acids is 2. The standard InChI is InChI=1S/C29H31BrO6/c1-5-33-28(32)29(3,4)36-24-14-12-23(13-15-24)34-18-17-20(2)35-26-16-11-22(30)19-25(26)27(31)21-9-7-6-8-10-21/h6-16,19-20H,5,17-18H2,1-4H3. The zero-order chi connectivity index (χ0) is 26.1. The molecule has 0 bridgehead atoms. The first-order chi connectivity index (χ1) is 17.2. The topological polar surface area (TPSA) is 71.1 Å². The van der Waals surface area contributed by atoms with E-state index >= 15 is 0 Å². The third-order valence-corrected chi connectivity index (χ3v) is 5.80. The van der Waals surface area contributed by atoms with Crippen molar-refractivity contribution in [1.82, 2.24) is 0 Å². The van der Waals surface area contributed by atoms with Crippen LogP contribution in [0.4, 0.5) is 0 Å². The molecular formula is C29H31BrO6. The van der Waals surface area contributed by atoms with E-state index < -0.39 is 11.6 Å². The molecular weight excluding hydrogens is 524 g/mol. The molecule has 0 aliphatic heterocycles. The van der Waals surface area contributed by atoms with Gasteiger partial charge in [0.05, 0.1) is 24.9 Å². The van der Waals surface area contributed by atoms with Gasteiger partial charge >= 0.3 is 5.97 Å². The van der Waals surface area contributed by atoms with E-state index in [0.717, 1.165) is 4.47 Å². The molecule has 0 spiro atoms. The van der Waals surface area contributed by atoms with Gasteiger partial charge in [-0.2, -0.15) is 0 Å². The number of esters is 1. The van der Waals surface area contributed by atoms with Crippen LogP contribution in [0.3, 0.4) is 0 Å². The van der Waals surface area contributed by atoms with E-state index in [1.165, 1.54) is 0 Å². The summed E-state index contributed by atoms with van der Waals surface area (Å²) in [7, 11) is 0. The Hall–Kier alpha value is -3.32. The second-order valence-corrected chi connectivity index (χ2v) is 9.62. The van der Waals surface area contributed by atoms with Gasteiger partial charge in [-0.15, -0.1) is 0 Å². The van der Waals surface area contributed by atoms with Crippen LogP contribution in [-0.4, -0.2) is 36.7 Å². The van der Waals surface area contributed by atoms with Crippen LogP contribution in [0.1, 0.15) is 50.0 Å². The van der Waals surface area contributed by atoms with Crippen molar-refractivity contribution in [3.05, 3.63) is 88.4 Å². The van der Waals surface area contributed by atoms with Crippen LogP contribution in [0.25, 0.3) is 0 Å². The molecule has 0 saturated heterocycles. The minimum absolute atomic E-state index is 0.0937. The number of halogens is 1. The van der Waals surface area contributed by atoms with Crippen LogP contribution in [0.2, 0.25) is 0 Å². The van der Waals surface area contributed by atoms with Crippen molar-refractivity contribution in [3.63, 3.8) is 0 Å². The molecule has 0 N–H and O–H groups in total. The molecule has 0 radical (unpaired) electrons. The first kappa shape index (κ1) is 27.3. The lowest BCUT2D eigenvalue weighted by Crippen LogP contribution is -2.39. The van der Waals surface area contributed by atoms with Crippen molar-refractivity contribution >= 4 is 27.7 Å². The summed E-state index contributed by atoms with van der Waals surface area (Å²) in [6, 6.07) is 21.6. The Bertz CT molecular complexity index is 1160. The first-order valence-corrected chi connectivity index (χ1v) is 12.6. The second kappa shape index (κ2) is 12.6. The van der Waals surface area contributed by atoms with Gasteiger partial charge in [-0.25, -0.2) is 4.79 Å². The minimum Gasteiger partial charge on any atom is -0.493 e. The summed E-state index contributed by atoms with van der Waals surface area (Å²) >= 11 is 3.45. The monoisotopic (exact) mass is 554 g/mol. The summed E-state index contributed by atoms with van der Waals surface area (Å²) in [4.78, 5) is 25.0. The third-order valence-electron chi connectivity index (χ3n) is 5.31. The van der Waals surface area contributed by atoms with E-state index in [2.05, 4.69) is 15.9 Å². The van der Waals surface area contributed by atoms with Gasteiger partial charge in [-0.3, -0.25) is 4.79 Å². The average molecular weight is 555 g/mol. The van der Waals surface area contributed by atoms with Gasteiger partial charge in [-0.05, 0) is 70.2 Å². The smallest absolute Gasteiger partial charge is 0.349 e. The molecule has 0 aliphatic carbocycles. The Labute approximate surface area is 220 Å². The van der Waals surface area contributed by atoms with Crippen molar-refractivity contribution in [2.24, 2.45) is 0 Å². The maximum atomic E-state index is 13.0. The number of ketones is 1. The predicted molar refractivity (Wildman–Crippen MR) is 142 cm³/mol. The summed E-state index contributed by atoms with van der Waals surface area (Å²) in [5.41, 5.74) is 0.0260. The van der Waals surface area contributed by atoms with Gasteiger partial charge in [0.1, 0.15) is 17.2 Å². The molecule has 6 nitrogen and oxygen atoms in total. The molecule has 0 heterocycles. The summed E-state index contributed by atoms with van der Waals surface area (Å²) in [5.74, 6) is 1.24. The number of benzene rings is 3. The largest absolute Gasteiger partial charge is 0.493 e. The van der Waals surface area contributed by atoms with Crippen LogP contribution in [-0.2, 0) is 9.53 Å². The number of carbonyl (C=O) groups is 2. The molecule has 36 heavy (non-hydrogen) atoms. The highest BCUT2D eigenvalue weighted by Gasteiger charge is 2.31. The SMILES string of the molecule is CCOC(=O)C(C)(C)Oc1ccc(OCCC(C)Oc2ccc(Br)cc2C(=O)c2ccccc2)cc1. The molecule has 0 aromatic heterocycles. The zero-order valence-corrected chi connectivity index (χ0v) is 22.5. The lowest BCUT2D eigenvalue weighted by Gasteiger charge is -2.24. The van der Waals surface area contributed by atoms with E-state index in [9.17, 15) is 9.59 Å². The number of hydrogen-bond acceptors (Lipinski definition) is 6. The molecule has 1 atom stereocenters. The molecule has 1 unspecified atom stereocenters. The van der Waals surface area contributed by atoms with Crippen LogP contribution >= 0.6 is 15.9 Å². The quantitative estimate of drug-likeness (QED) is 0.184. The normalized spacial score (nSPS) is 11.9. The highest BCUT2D eigenvalue weighted by molar-refractivity contribution is 9.10. The molecule has 0 amide bonds. The summed E-state index contributed by atoms with van der Waals surface area (Å²) < 4.78 is 23.6. The Morgan fingerprint density at radius 1 is 0.944 bits per heavy atom. The molecule has 7 heteroatoms. The number of rotatable bonds is 12. The Balaban J connectivity index is 1.54. The lowest BCUT2D eigenvalue weighted by atomic mass is 10.0. The Kier molecular flexibility index (Phi) is 9.53. The molecule has 3 aromatic carbocycles. The molecule has 0 aliphatic rings. The Morgan fingerprint density at radius 3 is 2.28 bits per heavy atom. The van der Waals surface area contributed by atoms with Gasteiger partial charge in [-0.1, -0.05) is 46.3 Å². The van der Waals surface area contributed by atoms with Gasteiger partial charge in [0, 0.05) is 16.5 Å². The fourth-order valence-electron chi connectivity index (χ4n) is 3.39. The molecule has 0 saturated carbocycles. The van der Waals surface area contributed by atoms with Crippen LogP contribution in [0.5, 0.6) is 17.2 Å². The first-order valence-electron chi connectivity index (χ1n) is 11.8. The van der Waals surface area contributed by atoms with E-state index in [0.29, 0.717) is 48.0 Å². The van der Waals surface area contributed by atoms with Gasteiger partial charge < -0.3 is 18.9 Å². The average Bonchev–Trinajstić information content (AvgIpc) is 2.86. The predicted octanol–water partition coefficient (Wildman–Crippen LogP) is 6.64. The third kappa shape index (κ3) is 7.59. The number of ether oxygens (including phenoxy) is 4. The fraction of sp³-hybridized carbons (Fsp3) is 0.310. The van der Waals surface area contributed by atoms with Crippen LogP contribution in [0.15, 0.2) is 77.3 Å². The maximum Gasteiger partial charge on any atom is 0.349 e. The van der Waals surface area contributed by atoms with E-state index in [1.54, 1.807) is 69.3 Å². The molecule has 0 fully saturated rings. The van der Waals surface area contributed by atoms with E-state index in [4.69, 9.17) is 18.9 Å². The van der Waals surface area contributed by atoms with Crippen molar-refractivity contribution in [2.75, 3.05) is 13.2 Å². The van der Waals surface area contributed by atoms with Gasteiger partial charge in [0.2, 0.25) is 0 Å². The Morgan fingerprint density at radius 2 is 1.61 bits per heavy atom. The van der Waals surface area contributed by atoms with Crippen molar-refractivity contribution < 1.29 is 28.5 Å². The van der Waals surface area contributed by atoms with Crippen molar-refractivity contribution in [3.8, 4) is 17.2 Å². The summed E-state index contributed by atoms with van der Waals surface area (Å²) in [6.45, 7) is 7.76. The van der Waals surface area contributed by atoms with Crippen molar-refractivity contribution in [1.29, 1.82) is 0 Å². The van der Waals surface area contributed by atoms with E-state index in [-0.39, 0.29) is 11.9 Å². The fourth-order valence-corrected chi connectivity index (χ4v) is 3.75. The van der Waals surface area contributed by atoms with Crippen LogP contribution in [0, 0.1) is 0 Å². The van der Waals surface area contributed by atoms with E-state index in [1.807, 2.05) is 31.2 Å². The second-order valence-electron chi connectivity index (χ2n) is 8.71. The summed E-state index contributed by atoms with van der Waals surface area (Å²) in [6.07, 6.45) is 0.435. The van der Waals surface area contributed by atoms with Crippen molar-refractivity contribution in [2.45, 2.75) is 45.8 Å². The zero-order valence-electron chi connectivity index (χ0n) is 21.0. The molecule has 190 valence electrons. The molecule has 3 aromatic rings.